The van der Waals surface area contributed by atoms with Crippen LogP contribution in [0.2, 0.25) is 5.02 Å². The molecule has 0 saturated carbocycles. The molecule has 18 heavy (non-hydrogen) atoms. The summed E-state index contributed by atoms with van der Waals surface area (Å²) in [6.07, 6.45) is 2.34. The molecule has 2 nitrogen and oxygen atoms in total. The molecule has 0 aliphatic rings. The normalized spacial score (nSPS) is 12.6. The maximum Gasteiger partial charge on any atom is 0.127 e. The Morgan fingerprint density at radius 2 is 2.33 bits per heavy atom. The minimum atomic E-state index is -0.255. The van der Waals surface area contributed by atoms with Crippen LogP contribution in [0.3, 0.4) is 0 Å². The summed E-state index contributed by atoms with van der Waals surface area (Å²) < 4.78 is 13.8. The Bertz CT molecular complexity index is 481. The number of benzene rings is 1. The van der Waals surface area contributed by atoms with E-state index in [9.17, 15) is 4.39 Å². The molecular weight excluding hydrogens is 271 g/mol. The molecule has 1 aromatic heterocycles. The highest BCUT2D eigenvalue weighted by Gasteiger charge is 2.17. The third kappa shape index (κ3) is 3.07. The van der Waals surface area contributed by atoms with Gasteiger partial charge in [-0.2, -0.15) is 0 Å². The number of nitrogens with one attached hydrogen (secondary N) is 1. The van der Waals surface area contributed by atoms with Gasteiger partial charge in [0.05, 0.1) is 5.51 Å². The first-order valence-electron chi connectivity index (χ1n) is 5.77. The van der Waals surface area contributed by atoms with Gasteiger partial charge < -0.3 is 5.32 Å². The summed E-state index contributed by atoms with van der Waals surface area (Å²) in [5, 5.41) is 3.81. The summed E-state index contributed by atoms with van der Waals surface area (Å²) in [4.78, 5) is 5.16. The average Bonchev–Trinajstić information content (AvgIpc) is 2.86. The Kier molecular flexibility index (Phi) is 4.69. The zero-order valence-corrected chi connectivity index (χ0v) is 11.6. The molecule has 5 heteroatoms. The standard InChI is InChI=1S/C13H14ClFN2S/c1-2-17-12(13-7-16-8-18-13)6-9-10(14)4-3-5-11(9)15/h3-5,7-8,12,17H,2,6H2,1H3. The molecule has 1 N–H and O–H groups in total. The van der Waals surface area contributed by atoms with Crippen LogP contribution in [0, 0.1) is 5.82 Å². The minimum Gasteiger partial charge on any atom is -0.309 e. The van der Waals surface area contributed by atoms with E-state index in [2.05, 4.69) is 10.3 Å². The maximum atomic E-state index is 13.8. The van der Waals surface area contributed by atoms with Crippen LogP contribution in [-0.2, 0) is 6.42 Å². The Morgan fingerprint density at radius 1 is 1.50 bits per heavy atom. The molecule has 2 aromatic rings. The van der Waals surface area contributed by atoms with E-state index in [1.165, 1.54) is 6.07 Å². The molecule has 1 heterocycles. The number of aromatic nitrogens is 1. The predicted molar refractivity (Wildman–Crippen MR) is 73.6 cm³/mol. The van der Waals surface area contributed by atoms with Crippen LogP contribution in [0.1, 0.15) is 23.4 Å². The first kappa shape index (κ1) is 13.5. The zero-order chi connectivity index (χ0) is 13.0. The molecule has 0 saturated heterocycles. The fraction of sp³-hybridized carbons (Fsp3) is 0.308. The molecule has 1 atom stereocenters. The molecule has 0 aliphatic carbocycles. The van der Waals surface area contributed by atoms with Crippen molar-refractivity contribution in [2.45, 2.75) is 19.4 Å². The monoisotopic (exact) mass is 284 g/mol. The molecule has 0 amide bonds. The number of hydrogen-bond acceptors (Lipinski definition) is 3. The Hall–Kier alpha value is -0.970. The van der Waals surface area contributed by atoms with E-state index in [4.69, 9.17) is 11.6 Å². The van der Waals surface area contributed by atoms with Crippen LogP contribution in [0.4, 0.5) is 4.39 Å². The minimum absolute atomic E-state index is 0.0527. The van der Waals surface area contributed by atoms with Crippen molar-refractivity contribution in [1.82, 2.24) is 10.3 Å². The van der Waals surface area contributed by atoms with Crippen molar-refractivity contribution in [3.63, 3.8) is 0 Å². The van der Waals surface area contributed by atoms with Crippen LogP contribution in [-0.4, -0.2) is 11.5 Å². The predicted octanol–water partition coefficient (Wildman–Crippen LogP) is 3.83. The lowest BCUT2D eigenvalue weighted by Gasteiger charge is -2.17. The van der Waals surface area contributed by atoms with E-state index in [1.54, 1.807) is 29.0 Å². The van der Waals surface area contributed by atoms with Gasteiger partial charge in [-0.3, -0.25) is 4.98 Å². The van der Waals surface area contributed by atoms with Crippen molar-refractivity contribution in [2.24, 2.45) is 0 Å². The summed E-state index contributed by atoms with van der Waals surface area (Å²) in [7, 11) is 0. The first-order chi connectivity index (χ1) is 8.72. The van der Waals surface area contributed by atoms with Gasteiger partial charge in [-0.15, -0.1) is 11.3 Å². The van der Waals surface area contributed by atoms with Crippen molar-refractivity contribution in [2.75, 3.05) is 6.54 Å². The average molecular weight is 285 g/mol. The number of halogens is 2. The van der Waals surface area contributed by atoms with Gasteiger partial charge >= 0.3 is 0 Å². The van der Waals surface area contributed by atoms with Gasteiger partial charge in [0.2, 0.25) is 0 Å². The van der Waals surface area contributed by atoms with Crippen molar-refractivity contribution in [1.29, 1.82) is 0 Å². The summed E-state index contributed by atoms with van der Waals surface area (Å²) in [6.45, 7) is 2.84. The summed E-state index contributed by atoms with van der Waals surface area (Å²) in [6, 6.07) is 4.83. The van der Waals surface area contributed by atoms with Crippen LogP contribution >= 0.6 is 22.9 Å². The number of nitrogens with zero attached hydrogens (tertiary/aromatic N) is 1. The van der Waals surface area contributed by atoms with E-state index >= 15 is 0 Å². The van der Waals surface area contributed by atoms with Gasteiger partial charge in [-0.1, -0.05) is 24.6 Å². The molecule has 1 unspecified atom stereocenters. The second-order valence-corrected chi connectivity index (χ2v) is 5.24. The molecule has 2 rings (SSSR count). The highest BCUT2D eigenvalue weighted by atomic mass is 35.5. The molecule has 0 bridgehead atoms. The number of hydrogen-bond donors (Lipinski definition) is 1. The molecule has 0 fully saturated rings. The fourth-order valence-corrected chi connectivity index (χ4v) is 2.79. The highest BCUT2D eigenvalue weighted by molar-refractivity contribution is 7.09. The van der Waals surface area contributed by atoms with Crippen molar-refractivity contribution < 1.29 is 4.39 Å². The van der Waals surface area contributed by atoms with Crippen molar-refractivity contribution >= 4 is 22.9 Å². The Balaban J connectivity index is 2.24. The largest absolute Gasteiger partial charge is 0.309 e. The number of thiazole rings is 1. The van der Waals surface area contributed by atoms with Crippen LogP contribution in [0.5, 0.6) is 0 Å². The van der Waals surface area contributed by atoms with E-state index in [1.807, 2.05) is 13.1 Å². The lowest BCUT2D eigenvalue weighted by Crippen LogP contribution is -2.22. The van der Waals surface area contributed by atoms with Gasteiger partial charge in [0.15, 0.2) is 0 Å². The zero-order valence-electron chi connectivity index (χ0n) is 9.99. The van der Waals surface area contributed by atoms with Crippen LogP contribution in [0.25, 0.3) is 0 Å². The molecule has 0 radical (unpaired) electrons. The summed E-state index contributed by atoms with van der Waals surface area (Å²) >= 11 is 7.62. The second kappa shape index (κ2) is 6.27. The molecule has 1 aromatic carbocycles. The van der Waals surface area contributed by atoms with Gasteiger partial charge in [-0.25, -0.2) is 4.39 Å². The lowest BCUT2D eigenvalue weighted by molar-refractivity contribution is 0.533. The van der Waals surface area contributed by atoms with Crippen LogP contribution in [0.15, 0.2) is 29.9 Å². The quantitative estimate of drug-likeness (QED) is 0.903. The van der Waals surface area contributed by atoms with Gasteiger partial charge in [0, 0.05) is 27.7 Å². The maximum absolute atomic E-state index is 13.8. The van der Waals surface area contributed by atoms with Gasteiger partial charge in [-0.05, 0) is 25.1 Å². The van der Waals surface area contributed by atoms with Crippen LogP contribution < -0.4 is 5.32 Å². The highest BCUT2D eigenvalue weighted by Crippen LogP contribution is 2.27. The third-order valence-electron chi connectivity index (χ3n) is 2.72. The topological polar surface area (TPSA) is 24.9 Å². The molecule has 0 aliphatic heterocycles. The van der Waals surface area contributed by atoms with E-state index < -0.39 is 0 Å². The fourth-order valence-electron chi connectivity index (χ4n) is 1.85. The first-order valence-corrected chi connectivity index (χ1v) is 7.02. The Labute approximate surface area is 115 Å². The van der Waals surface area contributed by atoms with Gasteiger partial charge in [0.25, 0.3) is 0 Å². The van der Waals surface area contributed by atoms with E-state index in [-0.39, 0.29) is 11.9 Å². The molecule has 96 valence electrons. The Morgan fingerprint density at radius 3 is 2.94 bits per heavy atom. The second-order valence-electron chi connectivity index (χ2n) is 3.92. The SMILES string of the molecule is CCNC(Cc1c(F)cccc1Cl)c1cncs1. The number of likely N-dealkylation sites (N-methyl/N-ethyl adjacent to an activating group) is 1. The summed E-state index contributed by atoms with van der Waals surface area (Å²) in [5.74, 6) is -0.255. The van der Waals surface area contributed by atoms with Crippen molar-refractivity contribution in [3.05, 3.63) is 51.2 Å². The van der Waals surface area contributed by atoms with E-state index in [0.717, 1.165) is 11.4 Å². The molecule has 0 spiro atoms. The number of rotatable bonds is 5. The smallest absolute Gasteiger partial charge is 0.127 e. The van der Waals surface area contributed by atoms with Crippen molar-refractivity contribution in [3.8, 4) is 0 Å². The lowest BCUT2D eigenvalue weighted by atomic mass is 10.0. The molecular formula is C13H14ClFN2S. The summed E-state index contributed by atoms with van der Waals surface area (Å²) in [5.41, 5.74) is 2.33. The van der Waals surface area contributed by atoms with Gasteiger partial charge in [0.1, 0.15) is 5.82 Å². The third-order valence-corrected chi connectivity index (χ3v) is 3.96. The van der Waals surface area contributed by atoms with E-state index in [0.29, 0.717) is 17.0 Å².